The van der Waals surface area contributed by atoms with E-state index >= 15 is 0 Å². The number of benzene rings is 1. The number of para-hydroxylation sites is 1. The molecule has 2 N–H and O–H groups in total. The lowest BCUT2D eigenvalue weighted by Crippen LogP contribution is -2.36. The summed E-state index contributed by atoms with van der Waals surface area (Å²) in [4.78, 5) is 31.4. The van der Waals surface area contributed by atoms with Gasteiger partial charge in [-0.05, 0) is 25.0 Å². The molecular formula is C19H23N3O3. The molecule has 1 aliphatic heterocycles. The monoisotopic (exact) mass is 341 g/mol. The van der Waals surface area contributed by atoms with Crippen LogP contribution in [0.5, 0.6) is 5.75 Å². The Bertz CT molecular complexity index is 829. The summed E-state index contributed by atoms with van der Waals surface area (Å²) in [5, 5.41) is 2.92. The number of H-pyrrole nitrogens is 1. The lowest BCUT2D eigenvalue weighted by molar-refractivity contribution is -0.120. The Morgan fingerprint density at radius 1 is 1.40 bits per heavy atom. The van der Waals surface area contributed by atoms with Gasteiger partial charge in [0.2, 0.25) is 5.91 Å². The van der Waals surface area contributed by atoms with Crippen LogP contribution in [-0.2, 0) is 24.1 Å². The quantitative estimate of drug-likeness (QED) is 0.864. The molecule has 2 heterocycles. The van der Waals surface area contributed by atoms with Crippen LogP contribution in [-0.4, -0.2) is 29.0 Å². The summed E-state index contributed by atoms with van der Waals surface area (Å²) in [5.41, 5.74) is 1.99. The first-order chi connectivity index (χ1) is 12.1. The van der Waals surface area contributed by atoms with Crippen molar-refractivity contribution in [3.8, 4) is 5.75 Å². The Hall–Kier alpha value is -2.63. The van der Waals surface area contributed by atoms with Gasteiger partial charge in [0.05, 0.1) is 13.0 Å². The van der Waals surface area contributed by atoms with Gasteiger partial charge in [0.1, 0.15) is 11.6 Å². The molecule has 0 saturated heterocycles. The van der Waals surface area contributed by atoms with Crippen molar-refractivity contribution in [2.24, 2.45) is 5.92 Å². The molecule has 2 aromatic rings. The van der Waals surface area contributed by atoms with Gasteiger partial charge in [0.15, 0.2) is 0 Å². The van der Waals surface area contributed by atoms with E-state index in [9.17, 15) is 9.59 Å². The molecule has 6 nitrogen and oxygen atoms in total. The van der Waals surface area contributed by atoms with E-state index in [0.29, 0.717) is 36.7 Å². The first-order valence-electron chi connectivity index (χ1n) is 8.63. The number of carbonyl (C=O) groups excluding carboxylic acids is 1. The first kappa shape index (κ1) is 17.2. The minimum Gasteiger partial charge on any atom is -0.493 e. The topological polar surface area (TPSA) is 84.1 Å². The number of carbonyl (C=O) groups is 1. The van der Waals surface area contributed by atoms with Crippen LogP contribution in [0.4, 0.5) is 0 Å². The Kier molecular flexibility index (Phi) is 5.16. The lowest BCUT2D eigenvalue weighted by atomic mass is 9.96. The van der Waals surface area contributed by atoms with Gasteiger partial charge in [0, 0.05) is 30.1 Å². The van der Waals surface area contributed by atoms with Crippen LogP contribution >= 0.6 is 0 Å². The molecule has 1 aromatic carbocycles. The minimum absolute atomic E-state index is 0.0440. The molecular weight excluding hydrogens is 318 g/mol. The highest BCUT2D eigenvalue weighted by Gasteiger charge is 2.20. The van der Waals surface area contributed by atoms with E-state index < -0.39 is 0 Å². The van der Waals surface area contributed by atoms with Crippen LogP contribution in [0.1, 0.15) is 29.6 Å². The van der Waals surface area contributed by atoms with Gasteiger partial charge in [-0.1, -0.05) is 25.1 Å². The Balaban J connectivity index is 1.57. The van der Waals surface area contributed by atoms with Gasteiger partial charge >= 0.3 is 0 Å². The maximum Gasteiger partial charge on any atom is 0.254 e. The van der Waals surface area contributed by atoms with Crippen LogP contribution in [0, 0.1) is 12.8 Å². The summed E-state index contributed by atoms with van der Waals surface area (Å²) >= 11 is 0. The number of fused-ring (bicyclic) bond motifs is 1. The summed E-state index contributed by atoms with van der Waals surface area (Å²) in [6.07, 6.45) is 1.58. The molecule has 0 saturated carbocycles. The van der Waals surface area contributed by atoms with Crippen molar-refractivity contribution in [1.82, 2.24) is 15.3 Å². The van der Waals surface area contributed by atoms with E-state index in [1.807, 2.05) is 31.2 Å². The maximum atomic E-state index is 12.2. The van der Waals surface area contributed by atoms with E-state index in [1.54, 1.807) is 6.92 Å². The third kappa shape index (κ3) is 4.07. The van der Waals surface area contributed by atoms with Crippen molar-refractivity contribution < 1.29 is 9.53 Å². The SMILES string of the molecule is CCc1nc(C)c(CC(=O)NC[C@@H]2COc3ccccc3C2)c(=O)[nH]1. The molecule has 0 unspecified atom stereocenters. The molecule has 1 amide bonds. The van der Waals surface area contributed by atoms with Crippen molar-refractivity contribution >= 4 is 5.91 Å². The second kappa shape index (κ2) is 7.51. The van der Waals surface area contributed by atoms with Gasteiger partial charge < -0.3 is 15.0 Å². The van der Waals surface area contributed by atoms with Crippen LogP contribution < -0.4 is 15.6 Å². The number of nitrogens with zero attached hydrogens (tertiary/aromatic N) is 1. The van der Waals surface area contributed by atoms with Gasteiger partial charge in [-0.25, -0.2) is 4.98 Å². The Morgan fingerprint density at radius 2 is 2.20 bits per heavy atom. The fourth-order valence-corrected chi connectivity index (χ4v) is 3.05. The fraction of sp³-hybridized carbons (Fsp3) is 0.421. The van der Waals surface area contributed by atoms with Gasteiger partial charge in [0.25, 0.3) is 5.56 Å². The third-order valence-electron chi connectivity index (χ3n) is 4.49. The maximum absolute atomic E-state index is 12.2. The van der Waals surface area contributed by atoms with Crippen molar-refractivity contribution in [1.29, 1.82) is 0 Å². The number of aromatic amines is 1. The molecule has 1 aliphatic rings. The number of rotatable bonds is 5. The van der Waals surface area contributed by atoms with Crippen LogP contribution in [0.15, 0.2) is 29.1 Å². The van der Waals surface area contributed by atoms with E-state index in [-0.39, 0.29) is 23.8 Å². The molecule has 132 valence electrons. The number of hydrogen-bond acceptors (Lipinski definition) is 4. The summed E-state index contributed by atoms with van der Waals surface area (Å²) in [5.74, 6) is 1.64. The molecule has 1 aromatic heterocycles. The van der Waals surface area contributed by atoms with Crippen molar-refractivity contribution in [3.05, 3.63) is 57.3 Å². The second-order valence-electron chi connectivity index (χ2n) is 6.40. The second-order valence-corrected chi connectivity index (χ2v) is 6.40. The van der Waals surface area contributed by atoms with E-state index in [4.69, 9.17) is 4.74 Å². The normalized spacial score (nSPS) is 16.0. The van der Waals surface area contributed by atoms with E-state index in [0.717, 1.165) is 12.2 Å². The lowest BCUT2D eigenvalue weighted by Gasteiger charge is -2.25. The smallest absolute Gasteiger partial charge is 0.254 e. The third-order valence-corrected chi connectivity index (χ3v) is 4.49. The molecule has 6 heteroatoms. The number of nitrogens with one attached hydrogen (secondary N) is 2. The van der Waals surface area contributed by atoms with Gasteiger partial charge in [-0.2, -0.15) is 0 Å². The summed E-state index contributed by atoms with van der Waals surface area (Å²) in [7, 11) is 0. The highest BCUT2D eigenvalue weighted by Crippen LogP contribution is 2.26. The average Bonchev–Trinajstić information content (AvgIpc) is 2.62. The average molecular weight is 341 g/mol. The molecule has 0 aliphatic carbocycles. The molecule has 1 atom stereocenters. The number of aromatic nitrogens is 2. The van der Waals surface area contributed by atoms with Gasteiger partial charge in [-0.15, -0.1) is 0 Å². The highest BCUT2D eigenvalue weighted by atomic mass is 16.5. The Morgan fingerprint density at radius 3 is 2.96 bits per heavy atom. The number of aryl methyl sites for hydroxylation is 2. The molecule has 0 spiro atoms. The molecule has 0 radical (unpaired) electrons. The minimum atomic E-state index is -0.227. The molecule has 3 rings (SSSR count). The van der Waals surface area contributed by atoms with Crippen LogP contribution in [0.2, 0.25) is 0 Å². The predicted molar refractivity (Wildman–Crippen MR) is 94.8 cm³/mol. The van der Waals surface area contributed by atoms with Crippen molar-refractivity contribution in [2.75, 3.05) is 13.2 Å². The Labute approximate surface area is 146 Å². The molecule has 0 bridgehead atoms. The van der Waals surface area contributed by atoms with Crippen LogP contribution in [0.25, 0.3) is 0 Å². The largest absolute Gasteiger partial charge is 0.493 e. The zero-order valence-corrected chi connectivity index (χ0v) is 14.6. The van der Waals surface area contributed by atoms with E-state index in [1.165, 1.54) is 5.56 Å². The van der Waals surface area contributed by atoms with Crippen molar-refractivity contribution in [3.63, 3.8) is 0 Å². The van der Waals surface area contributed by atoms with Crippen molar-refractivity contribution in [2.45, 2.75) is 33.1 Å². The zero-order chi connectivity index (χ0) is 17.8. The summed E-state index contributed by atoms with van der Waals surface area (Å²) in [6, 6.07) is 7.96. The summed E-state index contributed by atoms with van der Waals surface area (Å²) < 4.78 is 5.73. The van der Waals surface area contributed by atoms with Crippen LogP contribution in [0.3, 0.4) is 0 Å². The first-order valence-corrected chi connectivity index (χ1v) is 8.63. The molecule has 25 heavy (non-hydrogen) atoms. The highest BCUT2D eigenvalue weighted by molar-refractivity contribution is 5.78. The predicted octanol–water partition coefficient (Wildman–Crippen LogP) is 1.55. The number of hydrogen-bond donors (Lipinski definition) is 2. The standard InChI is InChI=1S/C19H23N3O3/c1-3-17-21-12(2)15(19(24)22-17)9-18(23)20-10-13-8-14-6-4-5-7-16(14)25-11-13/h4-7,13H,3,8-11H2,1-2H3,(H,20,23)(H,21,22,24)/t13-/m1/s1. The summed E-state index contributed by atoms with van der Waals surface area (Å²) in [6.45, 7) is 4.81. The van der Waals surface area contributed by atoms with E-state index in [2.05, 4.69) is 15.3 Å². The molecule has 0 fully saturated rings. The number of amides is 1. The zero-order valence-electron chi connectivity index (χ0n) is 14.6. The number of ether oxygens (including phenoxy) is 1. The fourth-order valence-electron chi connectivity index (χ4n) is 3.05. The van der Waals surface area contributed by atoms with Gasteiger partial charge in [-0.3, -0.25) is 9.59 Å².